The Morgan fingerprint density at radius 3 is 2.40 bits per heavy atom. The van der Waals surface area contributed by atoms with Crippen molar-refractivity contribution in [2.75, 3.05) is 39.0 Å². The first-order chi connectivity index (χ1) is 9.52. The Morgan fingerprint density at radius 2 is 1.85 bits per heavy atom. The van der Waals surface area contributed by atoms with Crippen LogP contribution in [0, 0.1) is 0 Å². The molecule has 0 aliphatic carbocycles. The molecule has 0 bridgehead atoms. The summed E-state index contributed by atoms with van der Waals surface area (Å²) in [6, 6.07) is 6.93. The van der Waals surface area contributed by atoms with Crippen LogP contribution in [0.2, 0.25) is 0 Å². The predicted molar refractivity (Wildman–Crippen MR) is 81.1 cm³/mol. The number of ketones is 1. The minimum Gasteiger partial charge on any atom is -0.325 e. The van der Waals surface area contributed by atoms with E-state index >= 15 is 0 Å². The summed E-state index contributed by atoms with van der Waals surface area (Å²) in [5.74, 6) is -0.0281. The third-order valence-corrected chi connectivity index (χ3v) is 2.96. The fourth-order valence-electron chi connectivity index (χ4n) is 1.84. The van der Waals surface area contributed by atoms with Crippen molar-refractivity contribution in [2.45, 2.75) is 13.3 Å². The molecular formula is C15H23N3O2. The second-order valence-electron chi connectivity index (χ2n) is 4.88. The minimum atomic E-state index is -0.0486. The van der Waals surface area contributed by atoms with E-state index in [2.05, 4.69) is 10.6 Å². The Balaban J connectivity index is 2.39. The number of Topliss-reactive ketones (excluding diaryl/α,β-unsaturated/α-hetero) is 1. The topological polar surface area (TPSA) is 61.4 Å². The third kappa shape index (κ3) is 5.95. The molecule has 0 radical (unpaired) electrons. The lowest BCUT2D eigenvalue weighted by Gasteiger charge is -2.16. The summed E-state index contributed by atoms with van der Waals surface area (Å²) >= 11 is 0. The summed E-state index contributed by atoms with van der Waals surface area (Å²) in [5, 5.41) is 5.90. The molecule has 0 fully saturated rings. The van der Waals surface area contributed by atoms with Gasteiger partial charge in [-0.3, -0.25) is 14.5 Å². The van der Waals surface area contributed by atoms with Crippen LogP contribution in [-0.4, -0.2) is 50.3 Å². The van der Waals surface area contributed by atoms with E-state index in [4.69, 9.17) is 0 Å². The number of amides is 1. The minimum absolute atomic E-state index is 0.0205. The van der Waals surface area contributed by atoms with Gasteiger partial charge in [0.25, 0.3) is 0 Å². The maximum atomic E-state index is 11.8. The monoisotopic (exact) mass is 277 g/mol. The van der Waals surface area contributed by atoms with E-state index in [1.165, 1.54) is 6.92 Å². The summed E-state index contributed by atoms with van der Waals surface area (Å²) in [7, 11) is 3.84. The molecule has 0 unspecified atom stereocenters. The van der Waals surface area contributed by atoms with Gasteiger partial charge in [-0.1, -0.05) is 0 Å². The Morgan fingerprint density at radius 1 is 1.20 bits per heavy atom. The number of carbonyl (C=O) groups is 2. The molecule has 0 heterocycles. The molecule has 0 spiro atoms. The van der Waals surface area contributed by atoms with Crippen LogP contribution in [0.25, 0.3) is 0 Å². The van der Waals surface area contributed by atoms with Crippen molar-refractivity contribution in [3.63, 3.8) is 0 Å². The average Bonchev–Trinajstić information content (AvgIpc) is 2.39. The van der Waals surface area contributed by atoms with Gasteiger partial charge in [-0.15, -0.1) is 0 Å². The van der Waals surface area contributed by atoms with Gasteiger partial charge in [0.2, 0.25) is 5.91 Å². The number of anilines is 1. The molecule has 0 saturated heterocycles. The zero-order valence-corrected chi connectivity index (χ0v) is 12.4. The largest absolute Gasteiger partial charge is 0.325 e. The molecule has 1 aromatic rings. The van der Waals surface area contributed by atoms with Crippen LogP contribution in [0.3, 0.4) is 0 Å². The number of likely N-dealkylation sites (N-methyl/N-ethyl adjacent to an activating group) is 1. The molecular weight excluding hydrogens is 254 g/mol. The van der Waals surface area contributed by atoms with Crippen molar-refractivity contribution in [3.8, 4) is 0 Å². The Hall–Kier alpha value is -1.72. The second kappa shape index (κ2) is 8.45. The summed E-state index contributed by atoms with van der Waals surface area (Å²) in [6.45, 7) is 3.70. The molecule has 1 rings (SSSR count). The Kier molecular flexibility index (Phi) is 6.90. The lowest BCUT2D eigenvalue weighted by molar-refractivity contribution is -0.117. The first kappa shape index (κ1) is 16.3. The van der Waals surface area contributed by atoms with Gasteiger partial charge in [-0.25, -0.2) is 0 Å². The number of carbonyl (C=O) groups excluding carboxylic acids is 2. The van der Waals surface area contributed by atoms with Crippen molar-refractivity contribution < 1.29 is 9.59 Å². The van der Waals surface area contributed by atoms with Gasteiger partial charge in [0.05, 0.1) is 6.54 Å². The average molecular weight is 277 g/mol. The fraction of sp³-hybridized carbons (Fsp3) is 0.467. The van der Waals surface area contributed by atoms with Crippen LogP contribution in [0.4, 0.5) is 5.69 Å². The van der Waals surface area contributed by atoms with Gasteiger partial charge in [0.15, 0.2) is 5.78 Å². The van der Waals surface area contributed by atoms with Crippen molar-refractivity contribution in [1.29, 1.82) is 0 Å². The molecule has 1 aromatic carbocycles. The SMILES string of the molecule is CNCCCN(C)CC(=O)Nc1ccc(C(C)=O)cc1. The molecule has 0 atom stereocenters. The van der Waals surface area contributed by atoms with Gasteiger partial charge in [-0.2, -0.15) is 0 Å². The van der Waals surface area contributed by atoms with Gasteiger partial charge in [0.1, 0.15) is 0 Å². The number of hydrogen-bond acceptors (Lipinski definition) is 4. The molecule has 5 heteroatoms. The highest BCUT2D eigenvalue weighted by atomic mass is 16.2. The number of nitrogens with one attached hydrogen (secondary N) is 2. The summed E-state index contributed by atoms with van der Waals surface area (Å²) in [5.41, 5.74) is 1.36. The summed E-state index contributed by atoms with van der Waals surface area (Å²) in [4.78, 5) is 25.0. The van der Waals surface area contributed by atoms with E-state index in [0.717, 1.165) is 19.5 Å². The first-order valence-corrected chi connectivity index (χ1v) is 6.77. The Bertz CT molecular complexity index is 443. The Labute approximate surface area is 120 Å². The zero-order chi connectivity index (χ0) is 15.0. The highest BCUT2D eigenvalue weighted by molar-refractivity contribution is 5.96. The summed E-state index contributed by atoms with van der Waals surface area (Å²) < 4.78 is 0. The lowest BCUT2D eigenvalue weighted by atomic mass is 10.1. The lowest BCUT2D eigenvalue weighted by Crippen LogP contribution is -2.31. The highest BCUT2D eigenvalue weighted by Gasteiger charge is 2.07. The predicted octanol–water partition coefficient (Wildman–Crippen LogP) is 1.37. The smallest absolute Gasteiger partial charge is 0.238 e. The van der Waals surface area contributed by atoms with Crippen molar-refractivity contribution in [1.82, 2.24) is 10.2 Å². The van der Waals surface area contributed by atoms with E-state index in [1.54, 1.807) is 24.3 Å². The highest BCUT2D eigenvalue weighted by Crippen LogP contribution is 2.09. The standard InChI is InChI=1S/C15H23N3O2/c1-12(19)13-5-7-14(8-6-13)17-15(20)11-18(3)10-4-9-16-2/h5-8,16H,4,9-11H2,1-3H3,(H,17,20). The van der Waals surface area contributed by atoms with Crippen molar-refractivity contribution >= 4 is 17.4 Å². The first-order valence-electron chi connectivity index (χ1n) is 6.77. The molecule has 110 valence electrons. The van der Waals surface area contributed by atoms with Crippen LogP contribution >= 0.6 is 0 Å². The van der Waals surface area contributed by atoms with E-state index in [-0.39, 0.29) is 11.7 Å². The molecule has 5 nitrogen and oxygen atoms in total. The molecule has 0 aliphatic rings. The molecule has 0 aliphatic heterocycles. The molecule has 0 aromatic heterocycles. The summed E-state index contributed by atoms with van der Waals surface area (Å²) in [6.07, 6.45) is 1.01. The fourth-order valence-corrected chi connectivity index (χ4v) is 1.84. The quantitative estimate of drug-likeness (QED) is 0.556. The van der Waals surface area contributed by atoms with E-state index < -0.39 is 0 Å². The number of benzene rings is 1. The maximum Gasteiger partial charge on any atom is 0.238 e. The van der Waals surface area contributed by atoms with Crippen LogP contribution in [-0.2, 0) is 4.79 Å². The number of nitrogens with zero attached hydrogens (tertiary/aromatic N) is 1. The van der Waals surface area contributed by atoms with Gasteiger partial charge < -0.3 is 10.6 Å². The van der Waals surface area contributed by atoms with Gasteiger partial charge in [0, 0.05) is 11.3 Å². The van der Waals surface area contributed by atoms with Crippen molar-refractivity contribution in [3.05, 3.63) is 29.8 Å². The maximum absolute atomic E-state index is 11.8. The van der Waals surface area contributed by atoms with E-state index in [1.807, 2.05) is 19.0 Å². The van der Waals surface area contributed by atoms with Crippen LogP contribution in [0.1, 0.15) is 23.7 Å². The molecule has 2 N–H and O–H groups in total. The molecule has 0 saturated carbocycles. The second-order valence-corrected chi connectivity index (χ2v) is 4.88. The van der Waals surface area contributed by atoms with E-state index in [0.29, 0.717) is 17.8 Å². The van der Waals surface area contributed by atoms with Gasteiger partial charge in [-0.05, 0) is 64.8 Å². The van der Waals surface area contributed by atoms with Crippen LogP contribution < -0.4 is 10.6 Å². The molecule has 1 amide bonds. The molecule has 20 heavy (non-hydrogen) atoms. The van der Waals surface area contributed by atoms with Gasteiger partial charge >= 0.3 is 0 Å². The third-order valence-electron chi connectivity index (χ3n) is 2.96. The number of hydrogen-bond donors (Lipinski definition) is 2. The zero-order valence-electron chi connectivity index (χ0n) is 12.4. The van der Waals surface area contributed by atoms with Crippen molar-refractivity contribution in [2.24, 2.45) is 0 Å². The van der Waals surface area contributed by atoms with Crippen LogP contribution in [0.15, 0.2) is 24.3 Å². The number of rotatable bonds is 8. The van der Waals surface area contributed by atoms with E-state index in [9.17, 15) is 9.59 Å². The van der Waals surface area contributed by atoms with Crippen LogP contribution in [0.5, 0.6) is 0 Å². The normalized spacial score (nSPS) is 10.6.